The highest BCUT2D eigenvalue weighted by Crippen LogP contribution is 2.23. The van der Waals surface area contributed by atoms with Crippen molar-refractivity contribution in [2.75, 3.05) is 6.54 Å². The third-order valence-electron chi connectivity index (χ3n) is 4.71. The molecule has 0 unspecified atom stereocenters. The van der Waals surface area contributed by atoms with Gasteiger partial charge in [-0.25, -0.2) is 4.39 Å². The molecule has 1 aliphatic heterocycles. The Bertz CT molecular complexity index is 941. The molecule has 1 aliphatic rings. The van der Waals surface area contributed by atoms with Crippen LogP contribution in [0.1, 0.15) is 22.1 Å². The van der Waals surface area contributed by atoms with Crippen LogP contribution in [-0.4, -0.2) is 36.7 Å². The molecule has 0 atom stereocenters. The van der Waals surface area contributed by atoms with Gasteiger partial charge < -0.3 is 14.0 Å². The third kappa shape index (κ3) is 2.61. The van der Waals surface area contributed by atoms with Crippen molar-refractivity contribution in [2.45, 2.75) is 20.0 Å². The van der Waals surface area contributed by atoms with Crippen LogP contribution >= 0.6 is 0 Å². The zero-order valence-electron chi connectivity index (χ0n) is 14.1. The fraction of sp³-hybridized carbons (Fsp3) is 0.278. The molecule has 1 aromatic carbocycles. The SMILES string of the molecule is Cc1nnc2n1CCN(C(=O)c1ccc(-c3ccc(F)cc3)n1C)C2. The Morgan fingerprint density at radius 2 is 1.84 bits per heavy atom. The first-order valence-corrected chi connectivity index (χ1v) is 8.14. The number of hydrogen-bond acceptors (Lipinski definition) is 3. The summed E-state index contributed by atoms with van der Waals surface area (Å²) in [6, 6.07) is 9.96. The average molecular weight is 339 g/mol. The number of nitrogens with zero attached hydrogens (tertiary/aromatic N) is 5. The van der Waals surface area contributed by atoms with Gasteiger partial charge in [0, 0.05) is 25.8 Å². The van der Waals surface area contributed by atoms with E-state index in [9.17, 15) is 9.18 Å². The van der Waals surface area contributed by atoms with Gasteiger partial charge >= 0.3 is 0 Å². The zero-order chi connectivity index (χ0) is 17.6. The van der Waals surface area contributed by atoms with E-state index in [1.807, 2.05) is 35.2 Å². The first-order chi connectivity index (χ1) is 12.0. The summed E-state index contributed by atoms with van der Waals surface area (Å²) in [7, 11) is 1.85. The fourth-order valence-corrected chi connectivity index (χ4v) is 3.28. The molecular formula is C18H18FN5O. The Morgan fingerprint density at radius 3 is 2.60 bits per heavy atom. The molecule has 0 fully saturated rings. The van der Waals surface area contributed by atoms with E-state index in [2.05, 4.69) is 10.2 Å². The molecule has 0 saturated heterocycles. The number of rotatable bonds is 2. The second-order valence-electron chi connectivity index (χ2n) is 6.21. The van der Waals surface area contributed by atoms with Crippen molar-refractivity contribution in [1.29, 1.82) is 0 Å². The van der Waals surface area contributed by atoms with Crippen molar-refractivity contribution in [1.82, 2.24) is 24.2 Å². The Kier molecular flexibility index (Phi) is 3.63. The molecule has 1 amide bonds. The average Bonchev–Trinajstić information content (AvgIpc) is 3.18. The first kappa shape index (κ1) is 15.6. The van der Waals surface area contributed by atoms with Crippen molar-refractivity contribution in [2.24, 2.45) is 7.05 Å². The van der Waals surface area contributed by atoms with Gasteiger partial charge in [-0.3, -0.25) is 4.79 Å². The van der Waals surface area contributed by atoms with E-state index in [0.717, 1.165) is 22.9 Å². The Morgan fingerprint density at radius 1 is 1.08 bits per heavy atom. The monoisotopic (exact) mass is 339 g/mol. The van der Waals surface area contributed by atoms with Gasteiger partial charge in [0.1, 0.15) is 17.3 Å². The highest BCUT2D eigenvalue weighted by atomic mass is 19.1. The molecule has 7 heteroatoms. The third-order valence-corrected chi connectivity index (χ3v) is 4.71. The van der Waals surface area contributed by atoms with Crippen LogP contribution in [0.25, 0.3) is 11.3 Å². The minimum Gasteiger partial charge on any atom is -0.340 e. The number of carbonyl (C=O) groups is 1. The Hall–Kier alpha value is -2.96. The van der Waals surface area contributed by atoms with E-state index < -0.39 is 0 Å². The van der Waals surface area contributed by atoms with Gasteiger partial charge in [0.25, 0.3) is 5.91 Å². The predicted molar refractivity (Wildman–Crippen MR) is 90.3 cm³/mol. The largest absolute Gasteiger partial charge is 0.340 e. The van der Waals surface area contributed by atoms with Crippen LogP contribution in [0.5, 0.6) is 0 Å². The van der Waals surface area contributed by atoms with Crippen LogP contribution in [-0.2, 0) is 20.1 Å². The van der Waals surface area contributed by atoms with Crippen LogP contribution in [0.15, 0.2) is 36.4 Å². The smallest absolute Gasteiger partial charge is 0.270 e. The molecule has 25 heavy (non-hydrogen) atoms. The maximum absolute atomic E-state index is 13.1. The standard InChI is InChI=1S/C18H18FN5O/c1-12-20-21-17-11-23(9-10-24(12)17)18(25)16-8-7-15(22(16)2)13-3-5-14(19)6-4-13/h3-8H,9-11H2,1-2H3. The van der Waals surface area contributed by atoms with Crippen LogP contribution in [0, 0.1) is 12.7 Å². The second kappa shape index (κ2) is 5.84. The van der Waals surface area contributed by atoms with Crippen molar-refractivity contribution in [3.05, 3.63) is 59.6 Å². The highest BCUT2D eigenvalue weighted by molar-refractivity contribution is 5.94. The lowest BCUT2D eigenvalue weighted by atomic mass is 10.1. The van der Waals surface area contributed by atoms with Crippen molar-refractivity contribution < 1.29 is 9.18 Å². The van der Waals surface area contributed by atoms with Crippen LogP contribution in [0.4, 0.5) is 4.39 Å². The fourth-order valence-electron chi connectivity index (χ4n) is 3.28. The molecule has 0 N–H and O–H groups in total. The molecular weight excluding hydrogens is 321 g/mol. The molecule has 0 radical (unpaired) electrons. The van der Waals surface area contributed by atoms with E-state index in [4.69, 9.17) is 0 Å². The number of fused-ring (bicyclic) bond motifs is 1. The minimum absolute atomic E-state index is 0.0391. The molecule has 2 aromatic heterocycles. The molecule has 6 nitrogen and oxygen atoms in total. The van der Waals surface area contributed by atoms with Gasteiger partial charge in [0.2, 0.25) is 0 Å². The molecule has 0 aliphatic carbocycles. The Labute approximate surface area is 144 Å². The van der Waals surface area contributed by atoms with E-state index >= 15 is 0 Å². The highest BCUT2D eigenvalue weighted by Gasteiger charge is 2.26. The number of aromatic nitrogens is 4. The van der Waals surface area contributed by atoms with Crippen LogP contribution < -0.4 is 0 Å². The van der Waals surface area contributed by atoms with Crippen LogP contribution in [0.3, 0.4) is 0 Å². The quantitative estimate of drug-likeness (QED) is 0.720. The second-order valence-corrected chi connectivity index (χ2v) is 6.21. The number of hydrogen-bond donors (Lipinski definition) is 0. The Balaban J connectivity index is 1.60. The van der Waals surface area contributed by atoms with Gasteiger partial charge in [-0.1, -0.05) is 0 Å². The molecule has 0 spiro atoms. The van der Waals surface area contributed by atoms with E-state index in [1.54, 1.807) is 17.0 Å². The normalized spacial score (nSPS) is 13.8. The van der Waals surface area contributed by atoms with E-state index in [0.29, 0.717) is 25.3 Å². The number of benzene rings is 1. The van der Waals surface area contributed by atoms with Gasteiger partial charge in [-0.2, -0.15) is 0 Å². The molecule has 0 bridgehead atoms. The number of carbonyl (C=O) groups excluding carboxylic acids is 1. The van der Waals surface area contributed by atoms with Gasteiger partial charge in [0.05, 0.1) is 6.54 Å². The van der Waals surface area contributed by atoms with Crippen LogP contribution in [0.2, 0.25) is 0 Å². The molecule has 3 aromatic rings. The van der Waals surface area contributed by atoms with Gasteiger partial charge in [-0.05, 0) is 48.9 Å². The first-order valence-electron chi connectivity index (χ1n) is 8.14. The topological polar surface area (TPSA) is 56.0 Å². The summed E-state index contributed by atoms with van der Waals surface area (Å²) in [6.07, 6.45) is 0. The zero-order valence-corrected chi connectivity index (χ0v) is 14.1. The van der Waals surface area contributed by atoms with E-state index in [-0.39, 0.29) is 11.7 Å². The summed E-state index contributed by atoms with van der Waals surface area (Å²) in [4.78, 5) is 14.7. The van der Waals surface area contributed by atoms with Gasteiger partial charge in [0.15, 0.2) is 5.82 Å². The summed E-state index contributed by atoms with van der Waals surface area (Å²) in [5, 5.41) is 8.22. The van der Waals surface area contributed by atoms with Gasteiger partial charge in [-0.15, -0.1) is 10.2 Å². The van der Waals surface area contributed by atoms with E-state index in [1.165, 1.54) is 12.1 Å². The summed E-state index contributed by atoms with van der Waals surface area (Å²) in [5.74, 6) is 1.37. The lowest BCUT2D eigenvalue weighted by Crippen LogP contribution is -2.39. The number of aryl methyl sites for hydroxylation is 1. The predicted octanol–water partition coefficient (Wildman–Crippen LogP) is 2.39. The summed E-state index contributed by atoms with van der Waals surface area (Å²) < 4.78 is 17.0. The van der Waals surface area contributed by atoms with Crippen molar-refractivity contribution in [3.63, 3.8) is 0 Å². The number of amides is 1. The maximum atomic E-state index is 13.1. The lowest BCUT2D eigenvalue weighted by Gasteiger charge is -2.27. The molecule has 128 valence electrons. The lowest BCUT2D eigenvalue weighted by molar-refractivity contribution is 0.0697. The van der Waals surface area contributed by atoms with Crippen molar-refractivity contribution in [3.8, 4) is 11.3 Å². The number of halogens is 1. The summed E-state index contributed by atoms with van der Waals surface area (Å²) in [5.41, 5.74) is 2.35. The summed E-state index contributed by atoms with van der Waals surface area (Å²) in [6.45, 7) is 3.70. The maximum Gasteiger partial charge on any atom is 0.270 e. The molecule has 3 heterocycles. The molecule has 4 rings (SSSR count). The molecule has 0 saturated carbocycles. The minimum atomic E-state index is -0.276. The van der Waals surface area contributed by atoms with Crippen molar-refractivity contribution >= 4 is 5.91 Å². The summed E-state index contributed by atoms with van der Waals surface area (Å²) >= 11 is 0.